The second-order valence-electron chi connectivity index (χ2n) is 1.52. The van der Waals surface area contributed by atoms with Gasteiger partial charge in [-0.3, -0.25) is 4.79 Å². The molecule has 0 saturated heterocycles. The van der Waals surface area contributed by atoms with E-state index >= 15 is 0 Å². The summed E-state index contributed by atoms with van der Waals surface area (Å²) in [5.41, 5.74) is 0. The summed E-state index contributed by atoms with van der Waals surface area (Å²) in [7, 11) is 0. The maximum Gasteiger partial charge on any atom is 0.405 e. The molecule has 2 nitrogen and oxygen atoms in total. The van der Waals surface area contributed by atoms with Crippen molar-refractivity contribution < 1.29 is 18.0 Å². The second-order valence-corrected chi connectivity index (χ2v) is 1.52. The Kier molecular flexibility index (Phi) is 15.7. The highest BCUT2D eigenvalue weighted by molar-refractivity contribution is 5.72. The molecule has 0 unspecified atom stereocenters. The van der Waals surface area contributed by atoms with Gasteiger partial charge in [-0.05, 0) is 0 Å². The van der Waals surface area contributed by atoms with Crippen molar-refractivity contribution >= 4 is 5.91 Å². The number of hydrogen-bond donors (Lipinski definition) is 1. The van der Waals surface area contributed by atoms with E-state index in [1.54, 1.807) is 5.32 Å². The predicted molar refractivity (Wildman–Crippen MR) is 44.9 cm³/mol. The van der Waals surface area contributed by atoms with Crippen LogP contribution in [0.1, 0.15) is 29.2 Å². The molecule has 78 valence electrons. The molecule has 0 heterocycles. The van der Waals surface area contributed by atoms with Crippen molar-refractivity contribution in [1.29, 1.82) is 0 Å². The van der Waals surface area contributed by atoms with Gasteiger partial charge in [-0.1, -0.05) is 22.3 Å². The van der Waals surface area contributed by atoms with Gasteiger partial charge in [-0.25, -0.2) is 0 Å². The van der Waals surface area contributed by atoms with Crippen molar-refractivity contribution in [3.05, 3.63) is 0 Å². The number of nitrogens with one attached hydrogen (secondary N) is 1. The van der Waals surface area contributed by atoms with Gasteiger partial charge in [0, 0.05) is 6.92 Å². The van der Waals surface area contributed by atoms with Gasteiger partial charge in [-0.2, -0.15) is 13.2 Å². The molecular weight excluding hydrogens is 171 g/mol. The highest BCUT2D eigenvalue weighted by atomic mass is 19.4. The van der Waals surface area contributed by atoms with Crippen molar-refractivity contribution in [2.45, 2.75) is 35.4 Å². The molecule has 0 aliphatic heterocycles. The van der Waals surface area contributed by atoms with Crippen LogP contribution in [0.4, 0.5) is 13.2 Å². The van der Waals surface area contributed by atoms with Gasteiger partial charge in [0.2, 0.25) is 5.91 Å². The fourth-order valence-corrected chi connectivity index (χ4v) is 0.225. The number of hydrogen-bond acceptors (Lipinski definition) is 1. The molecule has 0 aromatic rings. The van der Waals surface area contributed by atoms with E-state index in [9.17, 15) is 18.0 Å². The lowest BCUT2D eigenvalue weighted by molar-refractivity contribution is -0.137. The van der Waals surface area contributed by atoms with E-state index in [0.29, 0.717) is 0 Å². The molecule has 12 heavy (non-hydrogen) atoms. The summed E-state index contributed by atoms with van der Waals surface area (Å²) < 4.78 is 33.6. The standard InChI is InChI=1S/C4H6F3NO.3CH4/c1-3(9)8-2-4(5,6)7;;;/h2H2,1H3,(H,8,9);3*1H4. The van der Waals surface area contributed by atoms with E-state index in [-0.39, 0.29) is 22.3 Å². The average molecular weight is 189 g/mol. The van der Waals surface area contributed by atoms with Crippen molar-refractivity contribution in [2.24, 2.45) is 0 Å². The molecule has 0 spiro atoms. The molecule has 0 saturated carbocycles. The molecule has 0 fully saturated rings. The SMILES string of the molecule is C.C.C.CC(=O)NCC(F)(F)F. The smallest absolute Gasteiger partial charge is 0.347 e. The Morgan fingerprint density at radius 1 is 1.25 bits per heavy atom. The van der Waals surface area contributed by atoms with Crippen LogP contribution in [0, 0.1) is 0 Å². The van der Waals surface area contributed by atoms with Crippen molar-refractivity contribution in [1.82, 2.24) is 5.32 Å². The zero-order chi connectivity index (χ0) is 7.49. The highest BCUT2D eigenvalue weighted by Gasteiger charge is 2.26. The van der Waals surface area contributed by atoms with Crippen LogP contribution in [0.15, 0.2) is 0 Å². The van der Waals surface area contributed by atoms with E-state index in [1.807, 2.05) is 0 Å². The van der Waals surface area contributed by atoms with Crippen LogP contribution in [0.5, 0.6) is 0 Å². The summed E-state index contributed by atoms with van der Waals surface area (Å²) in [6.45, 7) is -0.214. The third-order valence-corrected chi connectivity index (χ3v) is 0.538. The van der Waals surface area contributed by atoms with E-state index in [4.69, 9.17) is 0 Å². The first kappa shape index (κ1) is 22.5. The van der Waals surface area contributed by atoms with E-state index < -0.39 is 18.6 Å². The summed E-state index contributed by atoms with van der Waals surface area (Å²) in [6.07, 6.45) is -4.30. The number of amides is 1. The normalized spacial score (nSPS) is 8.33. The molecular formula is C7H18F3NO. The van der Waals surface area contributed by atoms with Crippen LogP contribution in [0.25, 0.3) is 0 Å². The number of carbonyl (C=O) groups is 1. The van der Waals surface area contributed by atoms with Crippen LogP contribution in [0.2, 0.25) is 0 Å². The lowest BCUT2D eigenvalue weighted by Gasteiger charge is -2.04. The first-order chi connectivity index (χ1) is 3.92. The zero-order valence-electron chi connectivity index (χ0n) is 4.75. The van der Waals surface area contributed by atoms with Gasteiger partial charge < -0.3 is 5.32 Å². The first-order valence-electron chi connectivity index (χ1n) is 2.23. The minimum atomic E-state index is -4.30. The Morgan fingerprint density at radius 3 is 1.67 bits per heavy atom. The van der Waals surface area contributed by atoms with Gasteiger partial charge in [0.1, 0.15) is 6.54 Å². The fourth-order valence-electron chi connectivity index (χ4n) is 0.225. The molecule has 1 amide bonds. The van der Waals surface area contributed by atoms with Crippen molar-refractivity contribution in [3.8, 4) is 0 Å². The zero-order valence-corrected chi connectivity index (χ0v) is 4.75. The van der Waals surface area contributed by atoms with Gasteiger partial charge in [-0.15, -0.1) is 0 Å². The predicted octanol–water partition coefficient (Wildman–Crippen LogP) is 2.59. The minimum absolute atomic E-state index is 0. The summed E-state index contributed by atoms with van der Waals surface area (Å²) in [6, 6.07) is 0. The fraction of sp³-hybridized carbons (Fsp3) is 0.857. The Morgan fingerprint density at radius 2 is 1.58 bits per heavy atom. The Balaban J connectivity index is -0.000000107. The van der Waals surface area contributed by atoms with Crippen LogP contribution < -0.4 is 5.32 Å². The third-order valence-electron chi connectivity index (χ3n) is 0.538. The molecule has 0 aliphatic carbocycles. The van der Waals surface area contributed by atoms with E-state index in [2.05, 4.69) is 0 Å². The Labute approximate surface area is 72.2 Å². The first-order valence-corrected chi connectivity index (χ1v) is 2.23. The molecule has 0 aromatic carbocycles. The number of carbonyl (C=O) groups excluding carboxylic acids is 1. The molecule has 1 N–H and O–H groups in total. The molecule has 0 aliphatic rings. The minimum Gasteiger partial charge on any atom is -0.347 e. The molecule has 5 heteroatoms. The van der Waals surface area contributed by atoms with Crippen LogP contribution >= 0.6 is 0 Å². The van der Waals surface area contributed by atoms with Gasteiger partial charge in [0.25, 0.3) is 0 Å². The van der Waals surface area contributed by atoms with E-state index in [0.717, 1.165) is 6.92 Å². The maximum atomic E-state index is 11.2. The summed E-state index contributed by atoms with van der Waals surface area (Å²) in [5, 5.41) is 1.62. The maximum absolute atomic E-state index is 11.2. The van der Waals surface area contributed by atoms with E-state index in [1.165, 1.54) is 0 Å². The van der Waals surface area contributed by atoms with Crippen LogP contribution in [0.3, 0.4) is 0 Å². The highest BCUT2D eigenvalue weighted by Crippen LogP contribution is 2.11. The van der Waals surface area contributed by atoms with Crippen LogP contribution in [-0.4, -0.2) is 18.6 Å². The van der Waals surface area contributed by atoms with Gasteiger partial charge in [0.05, 0.1) is 0 Å². The quantitative estimate of drug-likeness (QED) is 0.674. The average Bonchev–Trinajstić information content (AvgIpc) is 1.59. The third kappa shape index (κ3) is 22.8. The molecule has 0 radical (unpaired) electrons. The monoisotopic (exact) mass is 189 g/mol. The van der Waals surface area contributed by atoms with Crippen LogP contribution in [-0.2, 0) is 4.79 Å². The van der Waals surface area contributed by atoms with Gasteiger partial charge >= 0.3 is 6.18 Å². The number of rotatable bonds is 1. The summed E-state index contributed by atoms with van der Waals surface area (Å²) in [4.78, 5) is 9.88. The molecule has 0 bridgehead atoms. The number of alkyl halides is 3. The lowest BCUT2D eigenvalue weighted by atomic mass is 10.6. The van der Waals surface area contributed by atoms with Crippen molar-refractivity contribution in [2.75, 3.05) is 6.54 Å². The summed E-state index contributed by atoms with van der Waals surface area (Å²) in [5.74, 6) is -0.674. The Hall–Kier alpha value is -0.740. The van der Waals surface area contributed by atoms with Crippen molar-refractivity contribution in [3.63, 3.8) is 0 Å². The van der Waals surface area contributed by atoms with Gasteiger partial charge in [0.15, 0.2) is 0 Å². The largest absolute Gasteiger partial charge is 0.405 e. The molecule has 0 atom stereocenters. The Bertz CT molecular complexity index is 112. The molecule has 0 aromatic heterocycles. The topological polar surface area (TPSA) is 29.1 Å². The summed E-state index contributed by atoms with van der Waals surface area (Å²) >= 11 is 0. The second kappa shape index (κ2) is 8.36. The lowest BCUT2D eigenvalue weighted by Crippen LogP contribution is -2.31. The number of halogens is 3. The molecule has 0 rings (SSSR count).